The molecule has 0 aliphatic carbocycles. The number of aromatic nitrogens is 2. The van der Waals surface area contributed by atoms with Crippen LogP contribution in [0.25, 0.3) is 0 Å². The SMILES string of the molecule is CCc1nc(C(N)=O)c(Nc2cccc(S(C)(=O)=O)c2)nc1NCCC1CCCO1. The van der Waals surface area contributed by atoms with Crippen LogP contribution in [0.3, 0.4) is 0 Å². The molecule has 1 saturated heterocycles. The summed E-state index contributed by atoms with van der Waals surface area (Å²) in [6.07, 6.45) is 4.93. The number of carbonyl (C=O) groups excluding carboxylic acids is 1. The third kappa shape index (κ3) is 5.45. The van der Waals surface area contributed by atoms with Crippen LogP contribution in [0.2, 0.25) is 0 Å². The van der Waals surface area contributed by atoms with E-state index in [0.717, 1.165) is 32.1 Å². The summed E-state index contributed by atoms with van der Waals surface area (Å²) >= 11 is 0. The van der Waals surface area contributed by atoms with Gasteiger partial charge in [0.2, 0.25) is 0 Å². The molecule has 2 heterocycles. The molecular formula is C20H27N5O4S. The van der Waals surface area contributed by atoms with Gasteiger partial charge in [0.1, 0.15) is 5.82 Å². The highest BCUT2D eigenvalue weighted by molar-refractivity contribution is 7.90. The molecule has 162 valence electrons. The van der Waals surface area contributed by atoms with Crippen LogP contribution in [0.1, 0.15) is 42.4 Å². The first kappa shape index (κ1) is 22.0. The van der Waals surface area contributed by atoms with Crippen molar-refractivity contribution in [3.8, 4) is 0 Å². The average molecular weight is 434 g/mol. The lowest BCUT2D eigenvalue weighted by molar-refractivity contribution is 0.0996. The summed E-state index contributed by atoms with van der Waals surface area (Å²) in [6.45, 7) is 3.38. The van der Waals surface area contributed by atoms with Crippen molar-refractivity contribution in [2.24, 2.45) is 5.73 Å². The first-order valence-corrected chi connectivity index (χ1v) is 11.8. The Labute approximate surface area is 176 Å². The van der Waals surface area contributed by atoms with E-state index in [1.54, 1.807) is 12.1 Å². The van der Waals surface area contributed by atoms with E-state index >= 15 is 0 Å². The number of sulfone groups is 1. The minimum Gasteiger partial charge on any atom is -0.378 e. The van der Waals surface area contributed by atoms with Gasteiger partial charge < -0.3 is 21.1 Å². The molecule has 3 rings (SSSR count). The molecule has 1 amide bonds. The molecule has 0 radical (unpaired) electrons. The van der Waals surface area contributed by atoms with Crippen LogP contribution in [0.15, 0.2) is 29.2 Å². The Morgan fingerprint density at radius 2 is 2.10 bits per heavy atom. The van der Waals surface area contributed by atoms with Crippen LogP contribution >= 0.6 is 0 Å². The van der Waals surface area contributed by atoms with Gasteiger partial charge in [-0.3, -0.25) is 4.79 Å². The maximum Gasteiger partial charge on any atom is 0.271 e. The molecule has 0 saturated carbocycles. The second-order valence-corrected chi connectivity index (χ2v) is 9.23. The van der Waals surface area contributed by atoms with Crippen molar-refractivity contribution in [2.45, 2.75) is 43.6 Å². The van der Waals surface area contributed by atoms with Gasteiger partial charge in [0.25, 0.3) is 5.91 Å². The molecule has 1 aromatic carbocycles. The molecule has 1 atom stereocenters. The molecule has 1 aliphatic rings. The lowest BCUT2D eigenvalue weighted by Crippen LogP contribution is -2.20. The number of ether oxygens (including phenoxy) is 1. The van der Waals surface area contributed by atoms with Crippen LogP contribution in [0.4, 0.5) is 17.3 Å². The van der Waals surface area contributed by atoms with Crippen molar-refractivity contribution >= 4 is 33.1 Å². The number of nitrogens with zero attached hydrogens (tertiary/aromatic N) is 2. The van der Waals surface area contributed by atoms with E-state index in [-0.39, 0.29) is 22.5 Å². The van der Waals surface area contributed by atoms with Crippen molar-refractivity contribution in [3.05, 3.63) is 35.7 Å². The number of nitrogens with two attached hydrogens (primary N) is 1. The highest BCUT2D eigenvalue weighted by Crippen LogP contribution is 2.24. The predicted octanol–water partition coefficient (Wildman–Crippen LogP) is 2.27. The first-order chi connectivity index (χ1) is 14.3. The van der Waals surface area contributed by atoms with Crippen molar-refractivity contribution in [2.75, 3.05) is 30.0 Å². The third-order valence-corrected chi connectivity index (χ3v) is 5.95. The minimum absolute atomic E-state index is 0.00119. The highest BCUT2D eigenvalue weighted by atomic mass is 32.2. The molecule has 0 bridgehead atoms. The monoisotopic (exact) mass is 433 g/mol. The fourth-order valence-corrected chi connectivity index (χ4v) is 3.95. The molecule has 1 fully saturated rings. The smallest absolute Gasteiger partial charge is 0.271 e. The van der Waals surface area contributed by atoms with Gasteiger partial charge in [-0.2, -0.15) is 0 Å². The van der Waals surface area contributed by atoms with E-state index in [1.807, 2.05) is 6.92 Å². The van der Waals surface area contributed by atoms with E-state index in [9.17, 15) is 13.2 Å². The molecule has 4 N–H and O–H groups in total. The lowest BCUT2D eigenvalue weighted by atomic mass is 10.2. The van der Waals surface area contributed by atoms with Crippen molar-refractivity contribution in [3.63, 3.8) is 0 Å². The topological polar surface area (TPSA) is 136 Å². The van der Waals surface area contributed by atoms with Gasteiger partial charge in [-0.05, 0) is 43.9 Å². The predicted molar refractivity (Wildman–Crippen MR) is 115 cm³/mol. The summed E-state index contributed by atoms with van der Waals surface area (Å²) < 4.78 is 29.3. The molecule has 9 nitrogen and oxygen atoms in total. The van der Waals surface area contributed by atoms with E-state index in [4.69, 9.17) is 10.5 Å². The summed E-state index contributed by atoms with van der Waals surface area (Å²) in [7, 11) is -3.37. The molecule has 1 aliphatic heterocycles. The zero-order valence-electron chi connectivity index (χ0n) is 17.1. The third-order valence-electron chi connectivity index (χ3n) is 4.84. The molecule has 2 aromatic rings. The van der Waals surface area contributed by atoms with Crippen LogP contribution in [0.5, 0.6) is 0 Å². The van der Waals surface area contributed by atoms with Crippen molar-refractivity contribution in [1.29, 1.82) is 0 Å². The Kier molecular flexibility index (Phi) is 6.88. The number of nitrogens with one attached hydrogen (secondary N) is 2. The summed E-state index contributed by atoms with van der Waals surface area (Å²) in [5, 5.41) is 6.26. The van der Waals surface area contributed by atoms with E-state index in [0.29, 0.717) is 30.2 Å². The Morgan fingerprint density at radius 1 is 1.30 bits per heavy atom. The molecule has 1 unspecified atom stereocenters. The zero-order chi connectivity index (χ0) is 21.7. The molecule has 10 heteroatoms. The number of rotatable bonds is 9. The minimum atomic E-state index is -3.37. The number of amides is 1. The van der Waals surface area contributed by atoms with Gasteiger partial charge in [0.05, 0.1) is 16.7 Å². The quantitative estimate of drug-likeness (QED) is 0.548. The number of carbonyl (C=O) groups is 1. The zero-order valence-corrected chi connectivity index (χ0v) is 18.0. The van der Waals surface area contributed by atoms with E-state index < -0.39 is 15.7 Å². The maximum atomic E-state index is 12.0. The van der Waals surface area contributed by atoms with Gasteiger partial charge in [-0.1, -0.05) is 13.0 Å². The first-order valence-electron chi connectivity index (χ1n) is 9.91. The van der Waals surface area contributed by atoms with Crippen LogP contribution < -0.4 is 16.4 Å². The van der Waals surface area contributed by atoms with Crippen LogP contribution in [0, 0.1) is 0 Å². The number of aryl methyl sites for hydroxylation is 1. The number of hydrogen-bond acceptors (Lipinski definition) is 8. The Morgan fingerprint density at radius 3 is 2.73 bits per heavy atom. The summed E-state index contributed by atoms with van der Waals surface area (Å²) in [5.41, 5.74) is 6.60. The number of primary amides is 1. The Balaban J connectivity index is 1.87. The van der Waals surface area contributed by atoms with Gasteiger partial charge in [-0.15, -0.1) is 0 Å². The van der Waals surface area contributed by atoms with Crippen molar-refractivity contribution < 1.29 is 17.9 Å². The van der Waals surface area contributed by atoms with Gasteiger partial charge in [0.15, 0.2) is 21.3 Å². The molecular weight excluding hydrogens is 406 g/mol. The van der Waals surface area contributed by atoms with Gasteiger partial charge in [-0.25, -0.2) is 18.4 Å². The van der Waals surface area contributed by atoms with Crippen molar-refractivity contribution in [1.82, 2.24) is 9.97 Å². The Bertz CT molecular complexity index is 1020. The summed E-state index contributed by atoms with van der Waals surface area (Å²) in [5.74, 6) is 0.0112. The average Bonchev–Trinajstić information content (AvgIpc) is 3.21. The molecule has 1 aromatic heterocycles. The maximum absolute atomic E-state index is 12.0. The lowest BCUT2D eigenvalue weighted by Gasteiger charge is -2.16. The molecule has 0 spiro atoms. The van der Waals surface area contributed by atoms with E-state index in [1.165, 1.54) is 12.1 Å². The Hall–Kier alpha value is -2.72. The second kappa shape index (κ2) is 9.40. The summed E-state index contributed by atoms with van der Waals surface area (Å²) in [6, 6.07) is 6.26. The van der Waals surface area contributed by atoms with Gasteiger partial charge in [0, 0.05) is 25.1 Å². The number of anilines is 3. The molecule has 30 heavy (non-hydrogen) atoms. The highest BCUT2D eigenvalue weighted by Gasteiger charge is 2.19. The van der Waals surface area contributed by atoms with Crippen LogP contribution in [-0.4, -0.2) is 49.8 Å². The second-order valence-electron chi connectivity index (χ2n) is 7.21. The van der Waals surface area contributed by atoms with Gasteiger partial charge >= 0.3 is 0 Å². The number of benzene rings is 1. The fraction of sp³-hybridized carbons (Fsp3) is 0.450. The largest absolute Gasteiger partial charge is 0.378 e. The number of hydrogen-bond donors (Lipinski definition) is 3. The normalized spacial score (nSPS) is 16.4. The fourth-order valence-electron chi connectivity index (χ4n) is 3.28. The summed E-state index contributed by atoms with van der Waals surface area (Å²) in [4.78, 5) is 21.0. The van der Waals surface area contributed by atoms with E-state index in [2.05, 4.69) is 20.6 Å². The standard InChI is InChI=1S/C20H27N5O4S/c1-3-16-19(22-10-9-14-7-5-11-29-14)25-20(17(24-16)18(21)26)23-13-6-4-8-15(12-13)30(2,27)28/h4,6,8,12,14H,3,5,7,9-11H2,1-2H3,(H2,21,26)(H2,22,23,25). The van der Waals surface area contributed by atoms with Crippen LogP contribution in [-0.2, 0) is 21.0 Å².